The van der Waals surface area contributed by atoms with Crippen molar-refractivity contribution in [3.63, 3.8) is 0 Å². The topological polar surface area (TPSA) is 66.9 Å². The molecule has 0 spiro atoms. The molecule has 5 nitrogen and oxygen atoms in total. The molecule has 5 heteroatoms. The summed E-state index contributed by atoms with van der Waals surface area (Å²) in [4.78, 5) is 11.8. The molecule has 2 N–H and O–H groups in total. The van der Waals surface area contributed by atoms with Crippen LogP contribution < -0.4 is 10.6 Å². The van der Waals surface area contributed by atoms with Gasteiger partial charge in [-0.3, -0.25) is 4.79 Å². The highest BCUT2D eigenvalue weighted by molar-refractivity contribution is 5.92. The highest BCUT2D eigenvalue weighted by atomic mass is 16.2. The van der Waals surface area contributed by atoms with Crippen LogP contribution in [0.1, 0.15) is 34.5 Å². The Morgan fingerprint density at radius 3 is 2.67 bits per heavy atom. The summed E-state index contributed by atoms with van der Waals surface area (Å²) >= 11 is 0. The van der Waals surface area contributed by atoms with Crippen molar-refractivity contribution in [2.24, 2.45) is 0 Å². The van der Waals surface area contributed by atoms with Crippen molar-refractivity contribution in [1.82, 2.24) is 15.5 Å². The predicted molar refractivity (Wildman–Crippen MR) is 81.0 cm³/mol. The summed E-state index contributed by atoms with van der Waals surface area (Å²) in [5, 5.41) is 14.1. The monoisotopic (exact) mass is 282 g/mol. The van der Waals surface area contributed by atoms with E-state index in [0.29, 0.717) is 24.1 Å². The molecule has 1 aliphatic carbocycles. The van der Waals surface area contributed by atoms with Gasteiger partial charge in [-0.15, -0.1) is 10.2 Å². The van der Waals surface area contributed by atoms with Crippen LogP contribution >= 0.6 is 0 Å². The van der Waals surface area contributed by atoms with Crippen LogP contribution in [0.3, 0.4) is 0 Å². The fourth-order valence-corrected chi connectivity index (χ4v) is 2.03. The maximum Gasteiger partial charge on any atom is 0.272 e. The van der Waals surface area contributed by atoms with Gasteiger partial charge in [0.15, 0.2) is 5.69 Å². The first kappa shape index (κ1) is 13.5. The third-order valence-electron chi connectivity index (χ3n) is 3.53. The molecule has 1 aromatic heterocycles. The van der Waals surface area contributed by atoms with E-state index >= 15 is 0 Å². The lowest BCUT2D eigenvalue weighted by atomic mass is 10.1. The fourth-order valence-electron chi connectivity index (χ4n) is 2.03. The molecule has 0 radical (unpaired) electrons. The Kier molecular flexibility index (Phi) is 3.81. The largest absolute Gasteiger partial charge is 0.364 e. The van der Waals surface area contributed by atoms with Crippen molar-refractivity contribution in [3.05, 3.63) is 53.2 Å². The Bertz CT molecular complexity index is 635. The van der Waals surface area contributed by atoms with Crippen LogP contribution in [0.25, 0.3) is 0 Å². The summed E-state index contributed by atoms with van der Waals surface area (Å²) in [5.74, 6) is 0.525. The van der Waals surface area contributed by atoms with E-state index in [9.17, 15) is 4.79 Å². The van der Waals surface area contributed by atoms with Crippen molar-refractivity contribution in [3.8, 4) is 0 Å². The van der Waals surface area contributed by atoms with Crippen LogP contribution in [0.4, 0.5) is 5.82 Å². The van der Waals surface area contributed by atoms with Crippen molar-refractivity contribution in [2.75, 3.05) is 5.32 Å². The number of nitrogens with zero attached hydrogens (tertiary/aromatic N) is 2. The molecular weight excluding hydrogens is 264 g/mol. The molecule has 1 aliphatic rings. The van der Waals surface area contributed by atoms with Gasteiger partial charge in [0.2, 0.25) is 0 Å². The summed E-state index contributed by atoms with van der Waals surface area (Å²) in [6.07, 6.45) is 2.13. The van der Waals surface area contributed by atoms with Crippen molar-refractivity contribution < 1.29 is 4.79 Å². The Morgan fingerprint density at radius 2 is 2.00 bits per heavy atom. The molecule has 0 bridgehead atoms. The Labute approximate surface area is 123 Å². The fraction of sp³-hybridized carbons (Fsp3) is 0.312. The molecule has 0 atom stereocenters. The van der Waals surface area contributed by atoms with E-state index in [1.165, 1.54) is 11.1 Å². The molecule has 1 saturated carbocycles. The summed E-state index contributed by atoms with van der Waals surface area (Å²) in [7, 11) is 0. The number of nitrogens with one attached hydrogen (secondary N) is 2. The van der Waals surface area contributed by atoms with Gasteiger partial charge in [0, 0.05) is 12.6 Å². The maximum absolute atomic E-state index is 11.8. The molecule has 0 aliphatic heterocycles. The van der Waals surface area contributed by atoms with E-state index in [0.717, 1.165) is 12.8 Å². The lowest BCUT2D eigenvalue weighted by Crippen LogP contribution is -2.26. The predicted octanol–water partition coefficient (Wildman–Crippen LogP) is 2.29. The van der Waals surface area contributed by atoms with Crippen LogP contribution in [0.5, 0.6) is 0 Å². The number of aryl methyl sites for hydroxylation is 1. The van der Waals surface area contributed by atoms with Crippen LogP contribution in [-0.2, 0) is 6.54 Å². The zero-order valence-corrected chi connectivity index (χ0v) is 12.0. The quantitative estimate of drug-likeness (QED) is 0.883. The average molecular weight is 282 g/mol. The number of anilines is 1. The van der Waals surface area contributed by atoms with Gasteiger partial charge in [-0.25, -0.2) is 0 Å². The van der Waals surface area contributed by atoms with E-state index in [1.54, 1.807) is 12.1 Å². The smallest absolute Gasteiger partial charge is 0.272 e. The van der Waals surface area contributed by atoms with Gasteiger partial charge >= 0.3 is 0 Å². The highest BCUT2D eigenvalue weighted by Crippen LogP contribution is 2.19. The first-order valence-corrected chi connectivity index (χ1v) is 7.15. The van der Waals surface area contributed by atoms with Gasteiger partial charge in [0.05, 0.1) is 0 Å². The minimum atomic E-state index is -0.143. The van der Waals surface area contributed by atoms with Gasteiger partial charge in [-0.1, -0.05) is 24.3 Å². The number of aromatic nitrogens is 2. The summed E-state index contributed by atoms with van der Waals surface area (Å²) in [6.45, 7) is 2.77. The normalized spacial score (nSPS) is 13.8. The first-order valence-electron chi connectivity index (χ1n) is 7.15. The van der Waals surface area contributed by atoms with Crippen molar-refractivity contribution in [1.29, 1.82) is 0 Å². The number of rotatable bonds is 5. The molecular formula is C16H18N4O. The van der Waals surface area contributed by atoms with E-state index in [1.807, 2.05) is 12.1 Å². The lowest BCUT2D eigenvalue weighted by molar-refractivity contribution is 0.0945. The van der Waals surface area contributed by atoms with Crippen LogP contribution in [0.2, 0.25) is 0 Å². The summed E-state index contributed by atoms with van der Waals surface area (Å²) < 4.78 is 0. The SMILES string of the molecule is Cc1ccccc1CNc1ccc(C(=O)NC2CC2)nn1. The molecule has 1 aromatic carbocycles. The molecule has 3 rings (SSSR count). The Morgan fingerprint density at radius 1 is 1.19 bits per heavy atom. The second kappa shape index (κ2) is 5.91. The van der Waals surface area contributed by atoms with Gasteiger partial charge in [-0.05, 0) is 43.0 Å². The lowest BCUT2D eigenvalue weighted by Gasteiger charge is -2.08. The van der Waals surface area contributed by atoms with Crippen molar-refractivity contribution in [2.45, 2.75) is 32.4 Å². The molecule has 1 heterocycles. The molecule has 2 aromatic rings. The average Bonchev–Trinajstić information content (AvgIpc) is 3.31. The number of amides is 1. The number of carbonyl (C=O) groups is 1. The summed E-state index contributed by atoms with van der Waals surface area (Å²) in [6, 6.07) is 12.0. The Hall–Kier alpha value is -2.43. The molecule has 1 fully saturated rings. The number of hydrogen-bond donors (Lipinski definition) is 2. The van der Waals surface area contributed by atoms with Gasteiger partial charge in [0.1, 0.15) is 5.82 Å². The van der Waals surface area contributed by atoms with E-state index in [2.05, 4.69) is 39.9 Å². The number of carbonyl (C=O) groups excluding carboxylic acids is 1. The van der Waals surface area contributed by atoms with E-state index in [4.69, 9.17) is 0 Å². The Balaban J connectivity index is 1.59. The van der Waals surface area contributed by atoms with E-state index in [-0.39, 0.29) is 5.91 Å². The van der Waals surface area contributed by atoms with E-state index < -0.39 is 0 Å². The number of hydrogen-bond acceptors (Lipinski definition) is 4. The second-order valence-electron chi connectivity index (χ2n) is 5.33. The van der Waals surface area contributed by atoms with Crippen LogP contribution in [0, 0.1) is 6.92 Å². The molecule has 1 amide bonds. The second-order valence-corrected chi connectivity index (χ2v) is 5.33. The first-order chi connectivity index (χ1) is 10.2. The molecule has 0 saturated heterocycles. The summed E-state index contributed by atoms with van der Waals surface area (Å²) in [5.41, 5.74) is 2.82. The zero-order valence-electron chi connectivity index (χ0n) is 12.0. The highest BCUT2D eigenvalue weighted by Gasteiger charge is 2.24. The van der Waals surface area contributed by atoms with Crippen LogP contribution in [0.15, 0.2) is 36.4 Å². The molecule has 108 valence electrons. The maximum atomic E-state index is 11.8. The third kappa shape index (κ3) is 3.56. The zero-order chi connectivity index (χ0) is 14.7. The standard InChI is InChI=1S/C16H18N4O/c1-11-4-2-3-5-12(11)10-17-15-9-8-14(19-20-15)16(21)18-13-6-7-13/h2-5,8-9,13H,6-7,10H2,1H3,(H,17,20)(H,18,21). The van der Waals surface area contributed by atoms with Gasteiger partial charge < -0.3 is 10.6 Å². The van der Waals surface area contributed by atoms with Gasteiger partial charge in [-0.2, -0.15) is 0 Å². The third-order valence-corrected chi connectivity index (χ3v) is 3.53. The van der Waals surface area contributed by atoms with Crippen molar-refractivity contribution >= 4 is 11.7 Å². The minimum Gasteiger partial charge on any atom is -0.364 e. The minimum absolute atomic E-state index is 0.143. The molecule has 21 heavy (non-hydrogen) atoms. The number of benzene rings is 1. The van der Waals surface area contributed by atoms with Crippen LogP contribution in [-0.4, -0.2) is 22.1 Å². The molecule has 0 unspecified atom stereocenters. The van der Waals surface area contributed by atoms with Gasteiger partial charge in [0.25, 0.3) is 5.91 Å².